The maximum atomic E-state index is 5.50. The maximum Gasteiger partial charge on any atom is 0.240 e. The topological polar surface area (TPSA) is 68.2 Å². The first kappa shape index (κ1) is 16.7. The summed E-state index contributed by atoms with van der Waals surface area (Å²) in [5, 5.41) is 3.99. The number of likely N-dealkylation sites (tertiary alicyclic amines) is 1. The molecule has 1 saturated heterocycles. The van der Waals surface area contributed by atoms with E-state index in [-0.39, 0.29) is 12.4 Å². The molecule has 5 nitrogen and oxygen atoms in total. The molecule has 1 aromatic heterocycles. The smallest absolute Gasteiger partial charge is 0.240 e. The van der Waals surface area contributed by atoms with Gasteiger partial charge in [-0.05, 0) is 53.6 Å². The van der Waals surface area contributed by atoms with Crippen molar-refractivity contribution < 1.29 is 4.52 Å². The fourth-order valence-electron chi connectivity index (χ4n) is 2.73. The molecule has 1 fully saturated rings. The summed E-state index contributed by atoms with van der Waals surface area (Å²) in [4.78, 5) is 6.72. The van der Waals surface area contributed by atoms with Crippen LogP contribution in [0.2, 0.25) is 0 Å². The van der Waals surface area contributed by atoms with Gasteiger partial charge in [0.05, 0.1) is 13.1 Å². The standard InChI is InChI=1S/C14H17IN4O.ClH/c15-11-5-2-1-4-10(11)12-6-3-7-19(12)9-13-17-14(8-16)20-18-13;/h1-2,4-5,12H,3,6-9,16H2;1H. The second kappa shape index (κ2) is 7.53. The van der Waals surface area contributed by atoms with Crippen molar-refractivity contribution in [2.45, 2.75) is 32.0 Å². The van der Waals surface area contributed by atoms with E-state index in [1.807, 2.05) is 0 Å². The number of nitrogens with zero attached hydrogens (tertiary/aromatic N) is 3. The molecule has 0 radical (unpaired) electrons. The summed E-state index contributed by atoms with van der Waals surface area (Å²) >= 11 is 2.41. The molecule has 1 atom stereocenters. The molecule has 1 aliphatic heterocycles. The Morgan fingerprint density at radius 2 is 2.19 bits per heavy atom. The molecule has 2 aromatic rings. The van der Waals surface area contributed by atoms with Crippen molar-refractivity contribution in [3.63, 3.8) is 0 Å². The summed E-state index contributed by atoms with van der Waals surface area (Å²) in [5.74, 6) is 1.23. The minimum absolute atomic E-state index is 0. The van der Waals surface area contributed by atoms with Crippen molar-refractivity contribution in [2.24, 2.45) is 5.73 Å². The molecule has 7 heteroatoms. The van der Waals surface area contributed by atoms with E-state index in [0.717, 1.165) is 18.9 Å². The zero-order valence-electron chi connectivity index (χ0n) is 11.5. The summed E-state index contributed by atoms with van der Waals surface area (Å²) in [5.41, 5.74) is 6.90. The van der Waals surface area contributed by atoms with E-state index in [4.69, 9.17) is 10.3 Å². The second-order valence-electron chi connectivity index (χ2n) is 4.96. The van der Waals surface area contributed by atoms with Gasteiger partial charge >= 0.3 is 0 Å². The Hall–Kier alpha value is -0.700. The highest BCUT2D eigenvalue weighted by Gasteiger charge is 2.28. The van der Waals surface area contributed by atoms with E-state index in [0.29, 0.717) is 18.5 Å². The Morgan fingerprint density at radius 3 is 2.90 bits per heavy atom. The number of benzene rings is 1. The molecule has 0 spiro atoms. The van der Waals surface area contributed by atoms with Crippen LogP contribution in [0.4, 0.5) is 0 Å². The summed E-state index contributed by atoms with van der Waals surface area (Å²) in [6, 6.07) is 9.01. The van der Waals surface area contributed by atoms with E-state index in [9.17, 15) is 0 Å². The zero-order chi connectivity index (χ0) is 13.9. The average Bonchev–Trinajstić information content (AvgIpc) is 3.09. The molecular weight excluding hydrogens is 403 g/mol. The minimum Gasteiger partial charge on any atom is -0.338 e. The molecule has 1 aliphatic rings. The van der Waals surface area contributed by atoms with Crippen LogP contribution < -0.4 is 5.73 Å². The molecule has 0 saturated carbocycles. The monoisotopic (exact) mass is 420 g/mol. The SMILES string of the molecule is Cl.NCc1nc(CN2CCCC2c2ccccc2I)no1. The van der Waals surface area contributed by atoms with Crippen LogP contribution in [0.3, 0.4) is 0 Å². The molecule has 3 rings (SSSR count). The van der Waals surface area contributed by atoms with Crippen molar-refractivity contribution >= 4 is 35.0 Å². The van der Waals surface area contributed by atoms with Crippen LogP contribution in [-0.2, 0) is 13.1 Å². The van der Waals surface area contributed by atoms with Crippen molar-refractivity contribution in [1.29, 1.82) is 0 Å². The van der Waals surface area contributed by atoms with Crippen LogP contribution in [0.1, 0.15) is 36.2 Å². The lowest BCUT2D eigenvalue weighted by atomic mass is 10.0. The van der Waals surface area contributed by atoms with Crippen molar-refractivity contribution in [2.75, 3.05) is 6.54 Å². The number of aromatic nitrogens is 2. The average molecular weight is 421 g/mol. The number of nitrogens with two attached hydrogens (primary N) is 1. The lowest BCUT2D eigenvalue weighted by Crippen LogP contribution is -2.24. The number of halogens is 2. The Kier molecular flexibility index (Phi) is 5.98. The Morgan fingerprint density at radius 1 is 1.38 bits per heavy atom. The summed E-state index contributed by atoms with van der Waals surface area (Å²) in [6.07, 6.45) is 2.39. The summed E-state index contributed by atoms with van der Waals surface area (Å²) in [7, 11) is 0. The predicted octanol–water partition coefficient (Wildman–Crippen LogP) is 2.89. The first-order valence-corrected chi connectivity index (χ1v) is 7.86. The van der Waals surface area contributed by atoms with Crippen LogP contribution >= 0.6 is 35.0 Å². The van der Waals surface area contributed by atoms with Crippen LogP contribution in [0.25, 0.3) is 0 Å². The van der Waals surface area contributed by atoms with E-state index >= 15 is 0 Å². The fraction of sp³-hybridized carbons (Fsp3) is 0.429. The van der Waals surface area contributed by atoms with Crippen molar-refractivity contribution in [3.05, 3.63) is 45.1 Å². The molecular formula is C14H18ClIN4O. The van der Waals surface area contributed by atoms with Crippen molar-refractivity contribution in [1.82, 2.24) is 15.0 Å². The second-order valence-corrected chi connectivity index (χ2v) is 6.12. The summed E-state index contributed by atoms with van der Waals surface area (Å²) in [6.45, 7) is 2.09. The van der Waals surface area contributed by atoms with Crippen LogP contribution in [0.5, 0.6) is 0 Å². The minimum atomic E-state index is 0. The van der Waals surface area contributed by atoms with Gasteiger partial charge < -0.3 is 10.3 Å². The van der Waals surface area contributed by atoms with Gasteiger partial charge in [0.1, 0.15) is 0 Å². The number of hydrogen-bond donors (Lipinski definition) is 1. The highest BCUT2D eigenvalue weighted by atomic mass is 127. The summed E-state index contributed by atoms with van der Waals surface area (Å²) < 4.78 is 6.39. The third-order valence-electron chi connectivity index (χ3n) is 3.66. The Bertz CT molecular complexity index is 592. The first-order chi connectivity index (χ1) is 9.78. The van der Waals surface area contributed by atoms with E-state index in [2.05, 4.69) is 61.9 Å². The molecule has 114 valence electrons. The highest BCUT2D eigenvalue weighted by molar-refractivity contribution is 14.1. The van der Waals surface area contributed by atoms with Crippen molar-refractivity contribution in [3.8, 4) is 0 Å². The third-order valence-corrected chi connectivity index (χ3v) is 4.64. The molecule has 0 aliphatic carbocycles. The molecule has 0 amide bonds. The quantitative estimate of drug-likeness (QED) is 0.770. The van der Waals surface area contributed by atoms with Crippen LogP contribution in [0, 0.1) is 3.57 Å². The number of hydrogen-bond acceptors (Lipinski definition) is 5. The van der Waals surface area contributed by atoms with Gasteiger partial charge in [0.15, 0.2) is 5.82 Å². The van der Waals surface area contributed by atoms with Gasteiger partial charge in [0, 0.05) is 9.61 Å². The molecule has 0 bridgehead atoms. The van der Waals surface area contributed by atoms with Gasteiger partial charge in [-0.1, -0.05) is 23.4 Å². The van der Waals surface area contributed by atoms with Gasteiger partial charge in [-0.3, -0.25) is 4.90 Å². The van der Waals surface area contributed by atoms with Crippen LogP contribution in [-0.4, -0.2) is 21.6 Å². The maximum absolute atomic E-state index is 5.50. The van der Waals surface area contributed by atoms with Gasteiger partial charge in [0.2, 0.25) is 5.89 Å². The molecule has 2 N–H and O–H groups in total. The van der Waals surface area contributed by atoms with E-state index < -0.39 is 0 Å². The van der Waals surface area contributed by atoms with E-state index in [1.165, 1.54) is 22.0 Å². The Balaban J connectivity index is 0.00000161. The third kappa shape index (κ3) is 3.74. The van der Waals surface area contributed by atoms with Gasteiger partial charge in [0.25, 0.3) is 0 Å². The van der Waals surface area contributed by atoms with Gasteiger partial charge in [-0.15, -0.1) is 12.4 Å². The molecule has 2 heterocycles. The molecule has 21 heavy (non-hydrogen) atoms. The van der Waals surface area contributed by atoms with Gasteiger partial charge in [-0.25, -0.2) is 0 Å². The molecule has 1 aromatic carbocycles. The van der Waals surface area contributed by atoms with Gasteiger partial charge in [-0.2, -0.15) is 4.98 Å². The largest absolute Gasteiger partial charge is 0.338 e. The fourth-order valence-corrected chi connectivity index (χ4v) is 3.48. The number of rotatable bonds is 4. The Labute approximate surface area is 143 Å². The lowest BCUT2D eigenvalue weighted by molar-refractivity contribution is 0.237. The zero-order valence-corrected chi connectivity index (χ0v) is 14.5. The molecule has 1 unspecified atom stereocenters. The van der Waals surface area contributed by atoms with Crippen LogP contribution in [0.15, 0.2) is 28.8 Å². The van der Waals surface area contributed by atoms with E-state index in [1.54, 1.807) is 0 Å². The normalized spacial score (nSPS) is 18.7. The highest BCUT2D eigenvalue weighted by Crippen LogP contribution is 2.34. The lowest BCUT2D eigenvalue weighted by Gasteiger charge is -2.24. The first-order valence-electron chi connectivity index (χ1n) is 6.78. The predicted molar refractivity (Wildman–Crippen MR) is 91.0 cm³/mol.